The summed E-state index contributed by atoms with van der Waals surface area (Å²) in [5, 5.41) is 10.2. The molecule has 3 atom stereocenters. The second kappa shape index (κ2) is 28.1. The van der Waals surface area contributed by atoms with Crippen molar-refractivity contribution in [2.24, 2.45) is 11.7 Å². The van der Waals surface area contributed by atoms with Crippen LogP contribution in [0.15, 0.2) is 23.1 Å². The Kier molecular flexibility index (Phi) is 26.9. The summed E-state index contributed by atoms with van der Waals surface area (Å²) in [6.07, 6.45) is 36.5. The highest BCUT2D eigenvalue weighted by atomic mass is 33.1. The van der Waals surface area contributed by atoms with Gasteiger partial charge in [0.2, 0.25) is 0 Å². The lowest BCUT2D eigenvalue weighted by molar-refractivity contribution is -0.137. The fraction of sp³-hybridized carbons (Fsp3) is 0.848. The summed E-state index contributed by atoms with van der Waals surface area (Å²) in [6.45, 7) is 3.33. The van der Waals surface area contributed by atoms with Gasteiger partial charge in [-0.2, -0.15) is 0 Å². The second-order valence-electron chi connectivity index (χ2n) is 11.5. The van der Waals surface area contributed by atoms with Crippen molar-refractivity contribution in [2.45, 2.75) is 159 Å². The molecule has 0 amide bonds. The summed E-state index contributed by atoms with van der Waals surface area (Å²) < 4.78 is 0. The van der Waals surface area contributed by atoms with E-state index < -0.39 is 5.97 Å². The molecule has 0 fully saturated rings. The van der Waals surface area contributed by atoms with Gasteiger partial charge >= 0.3 is 5.97 Å². The van der Waals surface area contributed by atoms with Crippen molar-refractivity contribution in [3.63, 3.8) is 0 Å². The molecule has 3 nitrogen and oxygen atoms in total. The summed E-state index contributed by atoms with van der Waals surface area (Å²) in [4.78, 5) is 12.1. The maximum Gasteiger partial charge on any atom is 0.303 e. The molecule has 3 N–H and O–H groups in total. The SMILES string of the molecule is CSSC(CCCCCCCC/C=C\CCCCCC(=O)O)[C@H](C)CCCCCCC1=CC(CCCCN)SS1. The highest BCUT2D eigenvalue weighted by Gasteiger charge is 2.18. The number of aliphatic carboxylic acids is 1. The quantitative estimate of drug-likeness (QED) is 0.0483. The molecule has 0 aromatic carbocycles. The standard InChI is InChI=1S/C33H61NO2S4/c1-29(22-16-14-15-17-23-30-28-31(39-38-30)24-20-21-27-34)32(40-37-2)25-18-12-10-8-6-4-3-5-7-9-11-13-19-26-33(35)36/h5,7,28-29,31-32H,3-4,6,8-27,34H2,1-2H3,(H,35,36)/b7-5-/t29-,31?,32?/m1/s1. The van der Waals surface area contributed by atoms with Crippen molar-refractivity contribution >= 4 is 49.1 Å². The number of carboxylic acids is 1. The lowest BCUT2D eigenvalue weighted by atomic mass is 9.95. The molecule has 0 spiro atoms. The predicted molar refractivity (Wildman–Crippen MR) is 189 cm³/mol. The van der Waals surface area contributed by atoms with Crippen LogP contribution in [0.2, 0.25) is 0 Å². The maximum atomic E-state index is 10.5. The molecule has 2 unspecified atom stereocenters. The number of carbonyl (C=O) groups is 1. The summed E-state index contributed by atoms with van der Waals surface area (Å²) in [5.74, 6) is 0.163. The van der Waals surface area contributed by atoms with Gasteiger partial charge < -0.3 is 10.8 Å². The first-order chi connectivity index (χ1) is 19.6. The Morgan fingerprint density at radius 1 is 0.900 bits per heavy atom. The molecule has 7 heteroatoms. The minimum absolute atomic E-state index is 0.315. The summed E-state index contributed by atoms with van der Waals surface area (Å²) >= 11 is 0. The topological polar surface area (TPSA) is 63.3 Å². The van der Waals surface area contributed by atoms with Crippen molar-refractivity contribution in [2.75, 3.05) is 12.8 Å². The molecule has 0 aromatic heterocycles. The lowest BCUT2D eigenvalue weighted by Crippen LogP contribution is -2.13. The summed E-state index contributed by atoms with van der Waals surface area (Å²) in [6, 6.07) is 0. The smallest absolute Gasteiger partial charge is 0.303 e. The van der Waals surface area contributed by atoms with E-state index in [9.17, 15) is 4.79 Å². The van der Waals surface area contributed by atoms with Crippen LogP contribution < -0.4 is 5.73 Å². The molecule has 0 saturated heterocycles. The Morgan fingerprint density at radius 3 is 2.20 bits per heavy atom. The molecule has 0 aliphatic carbocycles. The first kappa shape index (κ1) is 38.3. The first-order valence-electron chi connectivity index (χ1n) is 16.4. The minimum atomic E-state index is -0.671. The first-order valence-corrected chi connectivity index (χ1v) is 21.2. The fourth-order valence-corrected chi connectivity index (χ4v) is 10.6. The van der Waals surface area contributed by atoms with E-state index in [-0.39, 0.29) is 0 Å². The van der Waals surface area contributed by atoms with Gasteiger partial charge in [-0.25, -0.2) is 0 Å². The van der Waals surface area contributed by atoms with E-state index in [0.29, 0.717) is 6.42 Å². The third-order valence-electron chi connectivity index (χ3n) is 7.82. The molecule has 0 bridgehead atoms. The van der Waals surface area contributed by atoms with E-state index in [4.69, 9.17) is 10.8 Å². The number of unbranched alkanes of at least 4 members (excludes halogenated alkanes) is 13. The van der Waals surface area contributed by atoms with Crippen LogP contribution in [-0.4, -0.2) is 34.4 Å². The number of allylic oxidation sites excluding steroid dienone is 3. The van der Waals surface area contributed by atoms with Crippen molar-refractivity contribution < 1.29 is 9.90 Å². The van der Waals surface area contributed by atoms with Crippen LogP contribution in [0, 0.1) is 5.92 Å². The molecule has 40 heavy (non-hydrogen) atoms. The van der Waals surface area contributed by atoms with Crippen LogP contribution >= 0.6 is 43.2 Å². The number of carboxylic acid groups (broad SMARTS) is 1. The van der Waals surface area contributed by atoms with Gasteiger partial charge in [-0.1, -0.05) is 133 Å². The number of hydrogen-bond acceptors (Lipinski definition) is 6. The molecular weight excluding hydrogens is 571 g/mol. The maximum absolute atomic E-state index is 10.5. The Hall–Kier alpha value is 0.310. The van der Waals surface area contributed by atoms with Crippen molar-refractivity contribution in [3.8, 4) is 0 Å². The fourth-order valence-electron chi connectivity index (χ4n) is 5.25. The third-order valence-corrected chi connectivity index (χ3v) is 13.2. The highest BCUT2D eigenvalue weighted by Crippen LogP contribution is 2.45. The molecule has 0 saturated carbocycles. The number of nitrogens with two attached hydrogens (primary N) is 1. The Labute approximate surface area is 264 Å². The Bertz CT molecular complexity index is 658. The average Bonchev–Trinajstić information content (AvgIpc) is 3.39. The van der Waals surface area contributed by atoms with Crippen LogP contribution in [0.25, 0.3) is 0 Å². The van der Waals surface area contributed by atoms with Gasteiger partial charge in [-0.3, -0.25) is 4.79 Å². The predicted octanol–water partition coefficient (Wildman–Crippen LogP) is 11.8. The lowest BCUT2D eigenvalue weighted by Gasteiger charge is -2.22. The second-order valence-corrected chi connectivity index (χ2v) is 16.8. The van der Waals surface area contributed by atoms with Gasteiger partial charge in [0.1, 0.15) is 0 Å². The molecule has 1 aliphatic heterocycles. The zero-order valence-corrected chi connectivity index (χ0v) is 29.1. The zero-order chi connectivity index (χ0) is 29.1. The van der Waals surface area contributed by atoms with Crippen LogP contribution in [0.5, 0.6) is 0 Å². The summed E-state index contributed by atoms with van der Waals surface area (Å²) in [7, 11) is 8.19. The normalized spacial score (nSPS) is 17.0. The average molecular weight is 632 g/mol. The van der Waals surface area contributed by atoms with Crippen molar-refractivity contribution in [3.05, 3.63) is 23.1 Å². The number of rotatable bonds is 29. The van der Waals surface area contributed by atoms with E-state index in [2.05, 4.69) is 53.0 Å². The van der Waals surface area contributed by atoms with Crippen molar-refractivity contribution in [1.29, 1.82) is 0 Å². The molecule has 234 valence electrons. The highest BCUT2D eigenvalue weighted by molar-refractivity contribution is 8.78. The van der Waals surface area contributed by atoms with Crippen LogP contribution in [0.4, 0.5) is 0 Å². The van der Waals surface area contributed by atoms with Crippen LogP contribution in [-0.2, 0) is 4.79 Å². The molecule has 1 heterocycles. The van der Waals surface area contributed by atoms with Gasteiger partial charge in [-0.15, -0.1) is 0 Å². The van der Waals surface area contributed by atoms with E-state index in [1.165, 1.54) is 109 Å². The van der Waals surface area contributed by atoms with Gasteiger partial charge in [0.05, 0.1) is 0 Å². The third kappa shape index (κ3) is 22.9. The molecule has 1 rings (SSSR count). The minimum Gasteiger partial charge on any atom is -0.481 e. The summed E-state index contributed by atoms with van der Waals surface area (Å²) in [5.41, 5.74) is 5.63. The number of hydrogen-bond donors (Lipinski definition) is 2. The Balaban J connectivity index is 1.98. The molecule has 0 radical (unpaired) electrons. The van der Waals surface area contributed by atoms with Gasteiger partial charge in [0.15, 0.2) is 0 Å². The van der Waals surface area contributed by atoms with Crippen molar-refractivity contribution in [1.82, 2.24) is 0 Å². The molecule has 0 aromatic rings. The zero-order valence-electron chi connectivity index (χ0n) is 25.8. The van der Waals surface area contributed by atoms with Crippen LogP contribution in [0.1, 0.15) is 148 Å². The molecular formula is C33H61NO2S4. The monoisotopic (exact) mass is 631 g/mol. The largest absolute Gasteiger partial charge is 0.481 e. The van der Waals surface area contributed by atoms with Gasteiger partial charge in [0.25, 0.3) is 0 Å². The van der Waals surface area contributed by atoms with Crippen LogP contribution in [0.3, 0.4) is 0 Å². The van der Waals surface area contributed by atoms with Gasteiger partial charge in [-0.05, 0) is 94.3 Å². The van der Waals surface area contributed by atoms with E-state index >= 15 is 0 Å². The Morgan fingerprint density at radius 2 is 1.52 bits per heavy atom. The molecule has 1 aliphatic rings. The van der Waals surface area contributed by atoms with E-state index in [0.717, 1.165) is 48.6 Å². The van der Waals surface area contributed by atoms with E-state index in [1.807, 2.05) is 21.6 Å². The van der Waals surface area contributed by atoms with Gasteiger partial charge in [0, 0.05) is 16.9 Å². The van der Waals surface area contributed by atoms with E-state index in [1.54, 1.807) is 4.91 Å².